The first-order valence-electron chi connectivity index (χ1n) is 7.27. The number of hydrogen-bond donors (Lipinski definition) is 1. The number of nitro benzene ring substituents is 1. The minimum Gasteiger partial charge on any atom is -0.394 e. The lowest BCUT2D eigenvalue weighted by molar-refractivity contribution is -0.384. The van der Waals surface area contributed by atoms with Gasteiger partial charge in [0.15, 0.2) is 0 Å². The van der Waals surface area contributed by atoms with E-state index in [4.69, 9.17) is 11.6 Å². The maximum absolute atomic E-state index is 12.5. The molecule has 7 heteroatoms. The Morgan fingerprint density at radius 3 is 2.86 bits per heavy atom. The van der Waals surface area contributed by atoms with Gasteiger partial charge in [0.25, 0.3) is 5.69 Å². The summed E-state index contributed by atoms with van der Waals surface area (Å²) < 4.78 is 0. The first-order valence-corrected chi connectivity index (χ1v) is 7.65. The number of carbonyl (C=O) groups excluding carboxylic acids is 1. The Bertz CT molecular complexity index is 579. The van der Waals surface area contributed by atoms with Crippen LogP contribution in [0.1, 0.15) is 25.3 Å². The van der Waals surface area contributed by atoms with Crippen molar-refractivity contribution in [3.8, 4) is 0 Å². The fourth-order valence-corrected chi connectivity index (χ4v) is 3.14. The smallest absolute Gasteiger partial charge is 0.270 e. The van der Waals surface area contributed by atoms with Crippen molar-refractivity contribution in [1.29, 1.82) is 0 Å². The molecule has 1 fully saturated rings. The number of non-ortho nitro benzene ring substituents is 1. The van der Waals surface area contributed by atoms with Gasteiger partial charge in [-0.3, -0.25) is 14.9 Å². The van der Waals surface area contributed by atoms with Crippen molar-refractivity contribution in [2.24, 2.45) is 5.92 Å². The Labute approximate surface area is 133 Å². The van der Waals surface area contributed by atoms with Crippen LogP contribution in [-0.2, 0) is 11.2 Å². The van der Waals surface area contributed by atoms with Crippen LogP contribution in [0, 0.1) is 16.0 Å². The van der Waals surface area contributed by atoms with E-state index in [9.17, 15) is 20.0 Å². The first kappa shape index (κ1) is 16.7. The molecule has 2 unspecified atom stereocenters. The van der Waals surface area contributed by atoms with Gasteiger partial charge in [-0.2, -0.15) is 0 Å². The molecular formula is C15H19ClN2O4. The number of hydrogen-bond acceptors (Lipinski definition) is 4. The number of rotatable bonds is 4. The van der Waals surface area contributed by atoms with Crippen LogP contribution in [0.25, 0.3) is 0 Å². The van der Waals surface area contributed by atoms with E-state index in [-0.39, 0.29) is 41.6 Å². The summed E-state index contributed by atoms with van der Waals surface area (Å²) in [5, 5.41) is 20.4. The number of aliphatic hydroxyl groups is 1. The number of nitro groups is 1. The molecule has 120 valence electrons. The van der Waals surface area contributed by atoms with E-state index < -0.39 is 4.92 Å². The molecule has 1 N–H and O–H groups in total. The van der Waals surface area contributed by atoms with E-state index in [1.165, 1.54) is 18.2 Å². The van der Waals surface area contributed by atoms with Crippen molar-refractivity contribution in [2.45, 2.75) is 32.2 Å². The number of amides is 1. The molecule has 1 aliphatic heterocycles. The van der Waals surface area contributed by atoms with E-state index in [0.29, 0.717) is 12.1 Å². The van der Waals surface area contributed by atoms with Gasteiger partial charge in [0.2, 0.25) is 5.91 Å². The Morgan fingerprint density at radius 2 is 2.27 bits per heavy atom. The summed E-state index contributed by atoms with van der Waals surface area (Å²) >= 11 is 6.03. The number of piperidine rings is 1. The molecule has 22 heavy (non-hydrogen) atoms. The van der Waals surface area contributed by atoms with Crippen LogP contribution >= 0.6 is 11.6 Å². The van der Waals surface area contributed by atoms with Crippen molar-refractivity contribution in [3.05, 3.63) is 38.9 Å². The first-order chi connectivity index (χ1) is 10.4. The molecule has 1 saturated heterocycles. The SMILES string of the molecule is CC1CCCN(C(=O)Cc2ccc([N+](=O)[O-])cc2Cl)C1CO. The van der Waals surface area contributed by atoms with E-state index in [0.717, 1.165) is 12.8 Å². The molecule has 1 amide bonds. The van der Waals surface area contributed by atoms with E-state index in [1.807, 2.05) is 6.92 Å². The monoisotopic (exact) mass is 326 g/mol. The zero-order chi connectivity index (χ0) is 16.3. The van der Waals surface area contributed by atoms with Crippen LogP contribution in [-0.4, -0.2) is 40.0 Å². The molecule has 1 aromatic rings. The van der Waals surface area contributed by atoms with E-state index in [1.54, 1.807) is 4.90 Å². The molecule has 1 aromatic carbocycles. The van der Waals surface area contributed by atoms with Crippen LogP contribution in [0.5, 0.6) is 0 Å². The quantitative estimate of drug-likeness (QED) is 0.680. The third-order valence-electron chi connectivity index (χ3n) is 4.21. The van der Waals surface area contributed by atoms with Gasteiger partial charge in [0.1, 0.15) is 0 Å². The molecule has 2 rings (SSSR count). The van der Waals surface area contributed by atoms with Gasteiger partial charge in [0.05, 0.1) is 29.0 Å². The zero-order valence-electron chi connectivity index (χ0n) is 12.4. The molecule has 1 heterocycles. The van der Waals surface area contributed by atoms with Gasteiger partial charge in [0, 0.05) is 18.7 Å². The summed E-state index contributed by atoms with van der Waals surface area (Å²) in [4.78, 5) is 24.3. The fourth-order valence-electron chi connectivity index (χ4n) is 2.89. The van der Waals surface area contributed by atoms with Crippen molar-refractivity contribution >= 4 is 23.2 Å². The van der Waals surface area contributed by atoms with Crippen LogP contribution in [0.2, 0.25) is 5.02 Å². The topological polar surface area (TPSA) is 83.7 Å². The second kappa shape index (κ2) is 7.07. The molecule has 0 spiro atoms. The lowest BCUT2D eigenvalue weighted by Crippen LogP contribution is -2.50. The minimum atomic E-state index is -0.522. The predicted octanol–water partition coefficient (Wildman–Crippen LogP) is 2.41. The van der Waals surface area contributed by atoms with Gasteiger partial charge >= 0.3 is 0 Å². The highest BCUT2D eigenvalue weighted by Gasteiger charge is 2.31. The molecule has 0 aromatic heterocycles. The highest BCUT2D eigenvalue weighted by molar-refractivity contribution is 6.31. The number of carbonyl (C=O) groups is 1. The zero-order valence-corrected chi connectivity index (χ0v) is 13.1. The molecular weight excluding hydrogens is 308 g/mol. The largest absolute Gasteiger partial charge is 0.394 e. The summed E-state index contributed by atoms with van der Waals surface area (Å²) in [7, 11) is 0. The second-order valence-corrected chi connectivity index (χ2v) is 6.07. The normalized spacial score (nSPS) is 21.7. The maximum Gasteiger partial charge on any atom is 0.270 e. The molecule has 6 nitrogen and oxygen atoms in total. The van der Waals surface area contributed by atoms with Gasteiger partial charge in [-0.25, -0.2) is 0 Å². The van der Waals surface area contributed by atoms with Gasteiger partial charge in [-0.15, -0.1) is 0 Å². The fraction of sp³-hybridized carbons (Fsp3) is 0.533. The molecule has 2 atom stereocenters. The number of nitrogens with zero attached hydrogens (tertiary/aromatic N) is 2. The van der Waals surface area contributed by atoms with Crippen LogP contribution in [0.3, 0.4) is 0 Å². The second-order valence-electron chi connectivity index (χ2n) is 5.67. The summed E-state index contributed by atoms with van der Waals surface area (Å²) in [6, 6.07) is 3.95. The molecule has 0 bridgehead atoms. The third-order valence-corrected chi connectivity index (χ3v) is 4.56. The Balaban J connectivity index is 2.12. The summed E-state index contributed by atoms with van der Waals surface area (Å²) in [5.74, 6) is 0.149. The number of benzene rings is 1. The molecule has 0 radical (unpaired) electrons. The van der Waals surface area contributed by atoms with Crippen LogP contribution in [0.15, 0.2) is 18.2 Å². The van der Waals surface area contributed by atoms with Crippen molar-refractivity contribution in [1.82, 2.24) is 4.90 Å². The van der Waals surface area contributed by atoms with E-state index in [2.05, 4.69) is 0 Å². The minimum absolute atomic E-state index is 0.0547. The number of likely N-dealkylation sites (tertiary alicyclic amines) is 1. The van der Waals surface area contributed by atoms with Crippen LogP contribution < -0.4 is 0 Å². The predicted molar refractivity (Wildman–Crippen MR) is 82.8 cm³/mol. The standard InChI is InChI=1S/C15H19ClN2O4/c1-10-3-2-6-17(14(10)9-19)15(20)7-11-4-5-12(18(21)22)8-13(11)16/h4-5,8,10,14,19H,2-3,6-7,9H2,1H3. The lowest BCUT2D eigenvalue weighted by atomic mass is 9.91. The maximum atomic E-state index is 12.5. The van der Waals surface area contributed by atoms with Gasteiger partial charge < -0.3 is 10.0 Å². The number of aliphatic hydroxyl groups excluding tert-OH is 1. The van der Waals surface area contributed by atoms with Crippen LogP contribution in [0.4, 0.5) is 5.69 Å². The van der Waals surface area contributed by atoms with Gasteiger partial charge in [-0.1, -0.05) is 24.6 Å². The summed E-state index contributed by atoms with van der Waals surface area (Å²) in [5.41, 5.74) is 0.466. The summed E-state index contributed by atoms with van der Waals surface area (Å²) in [6.45, 7) is 2.60. The van der Waals surface area contributed by atoms with Crippen molar-refractivity contribution in [3.63, 3.8) is 0 Å². The Kier molecular flexibility index (Phi) is 5.37. The highest BCUT2D eigenvalue weighted by Crippen LogP contribution is 2.26. The average molecular weight is 327 g/mol. The van der Waals surface area contributed by atoms with Crippen molar-refractivity contribution < 1.29 is 14.8 Å². The Hall–Kier alpha value is -1.66. The van der Waals surface area contributed by atoms with Crippen molar-refractivity contribution in [2.75, 3.05) is 13.2 Å². The highest BCUT2D eigenvalue weighted by atomic mass is 35.5. The van der Waals surface area contributed by atoms with E-state index >= 15 is 0 Å². The summed E-state index contributed by atoms with van der Waals surface area (Å²) in [6.07, 6.45) is 1.99. The van der Waals surface area contributed by atoms with Gasteiger partial charge in [-0.05, 0) is 24.3 Å². The molecule has 1 aliphatic rings. The molecule has 0 aliphatic carbocycles. The Morgan fingerprint density at radius 1 is 1.55 bits per heavy atom. The average Bonchev–Trinajstić information content (AvgIpc) is 2.48. The third kappa shape index (κ3) is 3.56. The number of halogens is 1. The molecule has 0 saturated carbocycles. The lowest BCUT2D eigenvalue weighted by Gasteiger charge is -2.39.